The number of carbonyl (C=O) groups is 1. The van der Waals surface area contributed by atoms with Gasteiger partial charge in [-0.3, -0.25) is 0 Å². The molecular weight excluding hydrogens is 291 g/mol. The van der Waals surface area contributed by atoms with Gasteiger partial charge in [-0.2, -0.15) is 13.2 Å². The molecular formula is C12H14F3N3O3. The van der Waals surface area contributed by atoms with Crippen molar-refractivity contribution in [1.29, 1.82) is 0 Å². The van der Waals surface area contributed by atoms with Crippen molar-refractivity contribution in [2.24, 2.45) is 5.73 Å². The Morgan fingerprint density at radius 1 is 1.38 bits per heavy atom. The third kappa shape index (κ3) is 4.48. The number of urea groups is 1. The second-order valence-corrected chi connectivity index (χ2v) is 4.50. The van der Waals surface area contributed by atoms with E-state index in [4.69, 9.17) is 15.2 Å². The van der Waals surface area contributed by atoms with E-state index in [1.165, 1.54) is 6.07 Å². The lowest BCUT2D eigenvalue weighted by molar-refractivity contribution is -0.141. The second-order valence-electron chi connectivity index (χ2n) is 4.50. The molecule has 1 aliphatic rings. The smallest absolute Gasteiger partial charge is 0.433 e. The fourth-order valence-corrected chi connectivity index (χ4v) is 1.89. The summed E-state index contributed by atoms with van der Waals surface area (Å²) < 4.78 is 48.9. The summed E-state index contributed by atoms with van der Waals surface area (Å²) in [5, 5.41) is 2.09. The number of aromatic nitrogens is 1. The molecule has 1 aromatic rings. The average molecular weight is 305 g/mol. The number of rotatable bonds is 3. The highest BCUT2D eigenvalue weighted by molar-refractivity contribution is 5.87. The van der Waals surface area contributed by atoms with Crippen LogP contribution in [0.3, 0.4) is 0 Å². The number of hydrogen-bond acceptors (Lipinski definition) is 4. The van der Waals surface area contributed by atoms with Crippen molar-refractivity contribution in [3.05, 3.63) is 17.8 Å². The number of carbonyl (C=O) groups excluding carboxylic acids is 1. The van der Waals surface area contributed by atoms with Crippen molar-refractivity contribution >= 4 is 11.7 Å². The molecule has 6 nitrogen and oxygen atoms in total. The van der Waals surface area contributed by atoms with Crippen LogP contribution in [0, 0.1) is 0 Å². The van der Waals surface area contributed by atoms with Crippen LogP contribution < -0.4 is 15.8 Å². The van der Waals surface area contributed by atoms with E-state index < -0.39 is 17.9 Å². The van der Waals surface area contributed by atoms with Crippen LogP contribution in [0.1, 0.15) is 18.5 Å². The quantitative estimate of drug-likeness (QED) is 0.896. The Bertz CT molecular complexity index is 516. The number of nitrogens with zero attached hydrogens (tertiary/aromatic N) is 1. The van der Waals surface area contributed by atoms with Gasteiger partial charge >= 0.3 is 12.2 Å². The third-order valence-corrected chi connectivity index (χ3v) is 2.82. The van der Waals surface area contributed by atoms with E-state index in [2.05, 4.69) is 10.3 Å². The van der Waals surface area contributed by atoms with Crippen molar-refractivity contribution in [2.45, 2.75) is 25.1 Å². The third-order valence-electron chi connectivity index (χ3n) is 2.82. The molecule has 0 atom stereocenters. The molecule has 0 bridgehead atoms. The molecule has 1 aliphatic heterocycles. The topological polar surface area (TPSA) is 86.5 Å². The minimum Gasteiger partial charge on any atom is -0.474 e. The molecule has 2 amide bonds. The SMILES string of the molecule is NC(=O)Nc1cc(OC2CCOCC2)nc(C(F)(F)F)c1. The first-order chi connectivity index (χ1) is 9.84. The van der Waals surface area contributed by atoms with Crippen LogP contribution in [0.5, 0.6) is 5.88 Å². The van der Waals surface area contributed by atoms with E-state index in [0.717, 1.165) is 0 Å². The van der Waals surface area contributed by atoms with Gasteiger partial charge in [-0.1, -0.05) is 0 Å². The summed E-state index contributed by atoms with van der Waals surface area (Å²) in [6.07, 6.45) is -3.79. The highest BCUT2D eigenvalue weighted by Gasteiger charge is 2.34. The maximum absolute atomic E-state index is 12.8. The fourth-order valence-electron chi connectivity index (χ4n) is 1.89. The summed E-state index contributed by atoms with van der Waals surface area (Å²) in [7, 11) is 0. The Morgan fingerprint density at radius 2 is 2.05 bits per heavy atom. The summed E-state index contributed by atoms with van der Waals surface area (Å²) in [5.74, 6) is -0.208. The van der Waals surface area contributed by atoms with E-state index in [1.807, 2.05) is 0 Å². The molecule has 0 aliphatic carbocycles. The van der Waals surface area contributed by atoms with Crippen molar-refractivity contribution in [3.63, 3.8) is 0 Å². The number of primary amides is 1. The lowest BCUT2D eigenvalue weighted by Crippen LogP contribution is -2.27. The Balaban J connectivity index is 2.23. The Morgan fingerprint density at radius 3 is 2.62 bits per heavy atom. The number of alkyl halides is 3. The molecule has 0 aromatic carbocycles. The second kappa shape index (κ2) is 6.17. The monoisotopic (exact) mass is 305 g/mol. The zero-order chi connectivity index (χ0) is 15.5. The van der Waals surface area contributed by atoms with Crippen molar-refractivity contribution in [3.8, 4) is 5.88 Å². The number of nitrogens with two attached hydrogens (primary N) is 1. The highest BCUT2D eigenvalue weighted by Crippen LogP contribution is 2.32. The molecule has 0 unspecified atom stereocenters. The van der Waals surface area contributed by atoms with Gasteiger partial charge in [-0.25, -0.2) is 9.78 Å². The minimum absolute atomic E-state index is 0.119. The molecule has 1 aromatic heterocycles. The lowest BCUT2D eigenvalue weighted by atomic mass is 10.1. The van der Waals surface area contributed by atoms with Crippen LogP contribution in [0.2, 0.25) is 0 Å². The predicted molar refractivity (Wildman–Crippen MR) is 66.9 cm³/mol. The van der Waals surface area contributed by atoms with Crippen LogP contribution in [-0.2, 0) is 10.9 Å². The van der Waals surface area contributed by atoms with Crippen LogP contribution in [0.15, 0.2) is 12.1 Å². The molecule has 1 saturated heterocycles. The molecule has 2 rings (SSSR count). The van der Waals surface area contributed by atoms with Crippen LogP contribution >= 0.6 is 0 Å². The summed E-state index contributed by atoms with van der Waals surface area (Å²) in [6, 6.07) is 0.934. The maximum atomic E-state index is 12.8. The summed E-state index contributed by atoms with van der Waals surface area (Å²) in [6.45, 7) is 0.964. The number of pyridine rings is 1. The maximum Gasteiger partial charge on any atom is 0.433 e. The van der Waals surface area contributed by atoms with Gasteiger partial charge in [0.25, 0.3) is 0 Å². The van der Waals surface area contributed by atoms with Gasteiger partial charge in [-0.05, 0) is 6.07 Å². The van der Waals surface area contributed by atoms with Crippen molar-refractivity contribution in [1.82, 2.24) is 4.98 Å². The molecule has 2 heterocycles. The van der Waals surface area contributed by atoms with E-state index in [-0.39, 0.29) is 17.7 Å². The number of nitrogens with one attached hydrogen (secondary N) is 1. The molecule has 1 fully saturated rings. The van der Waals surface area contributed by atoms with Crippen molar-refractivity contribution < 1.29 is 27.4 Å². The molecule has 21 heavy (non-hydrogen) atoms. The lowest BCUT2D eigenvalue weighted by Gasteiger charge is -2.23. The number of amides is 2. The Kier molecular flexibility index (Phi) is 4.51. The van der Waals surface area contributed by atoms with Crippen LogP contribution in [0.4, 0.5) is 23.7 Å². The van der Waals surface area contributed by atoms with E-state index >= 15 is 0 Å². The predicted octanol–water partition coefficient (Wildman–Crippen LogP) is 2.15. The highest BCUT2D eigenvalue weighted by atomic mass is 19.4. The minimum atomic E-state index is -4.65. The molecule has 0 saturated carbocycles. The molecule has 0 spiro atoms. The van der Waals surface area contributed by atoms with Crippen LogP contribution in [-0.4, -0.2) is 30.3 Å². The Hall–Kier alpha value is -2.03. The molecule has 116 valence electrons. The van der Waals surface area contributed by atoms with E-state index in [0.29, 0.717) is 32.1 Å². The normalized spacial score (nSPS) is 16.5. The number of anilines is 1. The number of hydrogen-bond donors (Lipinski definition) is 2. The van der Waals surface area contributed by atoms with Gasteiger partial charge in [0.15, 0.2) is 5.69 Å². The first-order valence-electron chi connectivity index (χ1n) is 6.25. The van der Waals surface area contributed by atoms with Gasteiger partial charge in [0, 0.05) is 24.6 Å². The summed E-state index contributed by atoms with van der Waals surface area (Å²) in [4.78, 5) is 14.2. The van der Waals surface area contributed by atoms with Gasteiger partial charge in [0.2, 0.25) is 5.88 Å². The van der Waals surface area contributed by atoms with Crippen molar-refractivity contribution in [2.75, 3.05) is 18.5 Å². The number of halogens is 3. The van der Waals surface area contributed by atoms with Gasteiger partial charge < -0.3 is 20.5 Å². The Labute approximate surface area is 118 Å². The van der Waals surface area contributed by atoms with Gasteiger partial charge in [0.05, 0.1) is 13.2 Å². The largest absolute Gasteiger partial charge is 0.474 e. The van der Waals surface area contributed by atoms with Crippen LogP contribution in [0.25, 0.3) is 0 Å². The first-order valence-corrected chi connectivity index (χ1v) is 6.25. The molecule has 0 radical (unpaired) electrons. The first kappa shape index (κ1) is 15.4. The van der Waals surface area contributed by atoms with E-state index in [1.54, 1.807) is 0 Å². The van der Waals surface area contributed by atoms with Gasteiger partial charge in [0.1, 0.15) is 6.10 Å². The van der Waals surface area contributed by atoms with Gasteiger partial charge in [-0.15, -0.1) is 0 Å². The summed E-state index contributed by atoms with van der Waals surface area (Å²) in [5.41, 5.74) is 3.63. The zero-order valence-corrected chi connectivity index (χ0v) is 10.9. The zero-order valence-electron chi connectivity index (χ0n) is 10.9. The fraction of sp³-hybridized carbons (Fsp3) is 0.500. The average Bonchev–Trinajstić information content (AvgIpc) is 2.37. The number of ether oxygens (including phenoxy) is 2. The summed E-state index contributed by atoms with van der Waals surface area (Å²) >= 11 is 0. The molecule has 9 heteroatoms. The van der Waals surface area contributed by atoms with E-state index in [9.17, 15) is 18.0 Å². The standard InChI is InChI=1S/C12H14F3N3O3/c13-12(14,15)9-5-7(17-11(16)19)6-10(18-9)21-8-1-3-20-4-2-8/h5-6,8H,1-4H2,(H3,16,17,18,19). The molecule has 3 N–H and O–H groups in total.